The Labute approximate surface area is 195 Å². The van der Waals surface area contributed by atoms with Crippen molar-refractivity contribution in [2.75, 3.05) is 5.01 Å². The third-order valence-electron chi connectivity index (χ3n) is 5.46. The third-order valence-corrected chi connectivity index (χ3v) is 6.39. The average Bonchev–Trinajstić information content (AvgIpc) is 3.35. The lowest BCUT2D eigenvalue weighted by Crippen LogP contribution is -2.21. The quantitative estimate of drug-likeness (QED) is 0.332. The van der Waals surface area contributed by atoms with Gasteiger partial charge in [-0.25, -0.2) is 13.6 Å². The largest absolute Gasteiger partial charge is 0.456 e. The van der Waals surface area contributed by atoms with Crippen LogP contribution in [0.4, 0.5) is 11.4 Å². The summed E-state index contributed by atoms with van der Waals surface area (Å²) in [4.78, 5) is 24.0. The van der Waals surface area contributed by atoms with Crippen molar-refractivity contribution in [1.29, 1.82) is 0 Å². The van der Waals surface area contributed by atoms with Gasteiger partial charge in [-0.15, -0.1) is 0 Å². The Hall–Kier alpha value is -4.09. The Morgan fingerprint density at radius 3 is 2.32 bits per heavy atom. The number of nitro groups is 1. The Bertz CT molecular complexity index is 1500. The molecule has 4 rings (SSSR count). The number of hydrazone groups is 1. The van der Waals surface area contributed by atoms with Gasteiger partial charge in [0.25, 0.3) is 11.6 Å². The summed E-state index contributed by atoms with van der Waals surface area (Å²) >= 11 is 0. The number of sulfonamides is 1. The number of primary sulfonamides is 1. The normalized spacial score (nSPS) is 15.2. The van der Waals surface area contributed by atoms with Gasteiger partial charge in [-0.1, -0.05) is 0 Å². The number of rotatable bonds is 5. The summed E-state index contributed by atoms with van der Waals surface area (Å²) in [7, 11) is -3.86. The molecule has 34 heavy (non-hydrogen) atoms. The van der Waals surface area contributed by atoms with E-state index in [0.717, 1.165) is 16.1 Å². The number of anilines is 1. The SMILES string of the molecule is CC1=NN(c2ccc(S(N)(=O)=O)cc2)C(=O)/C1=C\c1ccc(-c2cc(C)c(C)cc2[N+](=O)[O-])o1. The van der Waals surface area contributed by atoms with Gasteiger partial charge in [0.2, 0.25) is 10.0 Å². The van der Waals surface area contributed by atoms with E-state index in [4.69, 9.17) is 9.56 Å². The monoisotopic (exact) mass is 480 g/mol. The minimum atomic E-state index is -3.86. The Morgan fingerprint density at radius 2 is 1.71 bits per heavy atom. The molecule has 1 aliphatic rings. The minimum absolute atomic E-state index is 0.0690. The molecule has 0 spiro atoms. The van der Waals surface area contributed by atoms with Crippen LogP contribution in [-0.4, -0.2) is 25.0 Å². The topological polar surface area (TPSA) is 149 Å². The van der Waals surface area contributed by atoms with E-state index in [-0.39, 0.29) is 16.2 Å². The van der Waals surface area contributed by atoms with Crippen molar-refractivity contribution in [1.82, 2.24) is 0 Å². The van der Waals surface area contributed by atoms with E-state index < -0.39 is 20.9 Å². The molecule has 0 bridgehead atoms. The predicted molar refractivity (Wildman–Crippen MR) is 127 cm³/mol. The van der Waals surface area contributed by atoms with Gasteiger partial charge in [0, 0.05) is 6.07 Å². The first-order chi connectivity index (χ1) is 16.0. The molecule has 2 aromatic carbocycles. The van der Waals surface area contributed by atoms with Crippen molar-refractivity contribution < 1.29 is 22.6 Å². The maximum absolute atomic E-state index is 13.0. The Balaban J connectivity index is 1.65. The Morgan fingerprint density at radius 1 is 1.06 bits per heavy atom. The van der Waals surface area contributed by atoms with E-state index in [2.05, 4.69) is 5.10 Å². The maximum atomic E-state index is 13.0. The van der Waals surface area contributed by atoms with Crippen LogP contribution in [0.2, 0.25) is 0 Å². The van der Waals surface area contributed by atoms with E-state index in [1.54, 1.807) is 32.0 Å². The number of aryl methyl sites for hydroxylation is 2. The highest BCUT2D eigenvalue weighted by atomic mass is 32.2. The Kier molecular flexibility index (Phi) is 5.67. The number of furan rings is 1. The third kappa shape index (κ3) is 4.26. The fourth-order valence-electron chi connectivity index (χ4n) is 3.50. The van der Waals surface area contributed by atoms with Gasteiger partial charge in [-0.2, -0.15) is 10.1 Å². The van der Waals surface area contributed by atoms with Crippen LogP contribution in [0.25, 0.3) is 17.4 Å². The molecule has 0 fully saturated rings. The fraction of sp³-hybridized carbons (Fsp3) is 0.130. The second kappa shape index (κ2) is 8.36. The zero-order valence-corrected chi connectivity index (χ0v) is 19.3. The number of benzene rings is 2. The van der Waals surface area contributed by atoms with Gasteiger partial charge in [0.05, 0.1) is 32.4 Å². The van der Waals surface area contributed by atoms with Crippen molar-refractivity contribution in [2.45, 2.75) is 25.7 Å². The summed E-state index contributed by atoms with van der Waals surface area (Å²) < 4.78 is 28.7. The molecule has 0 aliphatic carbocycles. The molecular formula is C23H20N4O6S. The first kappa shape index (κ1) is 23.1. The number of carbonyl (C=O) groups excluding carboxylic acids is 1. The summed E-state index contributed by atoms with van der Waals surface area (Å²) in [6, 6.07) is 11.9. The number of nitro benzene ring substituents is 1. The van der Waals surface area contributed by atoms with Gasteiger partial charge >= 0.3 is 0 Å². The first-order valence-electron chi connectivity index (χ1n) is 10.1. The van der Waals surface area contributed by atoms with Crippen molar-refractivity contribution >= 4 is 39.1 Å². The molecule has 0 unspecified atom stereocenters. The van der Waals surface area contributed by atoms with Crippen LogP contribution in [0.15, 0.2) is 68.5 Å². The lowest BCUT2D eigenvalue weighted by atomic mass is 10.0. The minimum Gasteiger partial charge on any atom is -0.456 e. The van der Waals surface area contributed by atoms with Crippen LogP contribution in [0.3, 0.4) is 0 Å². The second-order valence-electron chi connectivity index (χ2n) is 7.81. The zero-order valence-electron chi connectivity index (χ0n) is 18.5. The summed E-state index contributed by atoms with van der Waals surface area (Å²) in [5, 5.41) is 22.0. The number of hydrogen-bond donors (Lipinski definition) is 1. The van der Waals surface area contributed by atoms with Gasteiger partial charge in [0.1, 0.15) is 11.5 Å². The second-order valence-corrected chi connectivity index (χ2v) is 9.37. The molecule has 0 radical (unpaired) electrons. The number of nitrogens with zero attached hydrogens (tertiary/aromatic N) is 3. The van der Waals surface area contributed by atoms with Gasteiger partial charge < -0.3 is 4.42 Å². The molecule has 1 aliphatic heterocycles. The number of nitrogens with two attached hydrogens (primary N) is 1. The lowest BCUT2D eigenvalue weighted by Gasteiger charge is -2.12. The highest BCUT2D eigenvalue weighted by Crippen LogP contribution is 2.34. The summed E-state index contributed by atoms with van der Waals surface area (Å²) in [5.41, 5.74) is 3.02. The summed E-state index contributed by atoms with van der Waals surface area (Å²) in [6.07, 6.45) is 1.51. The van der Waals surface area contributed by atoms with E-state index in [0.29, 0.717) is 28.5 Å². The van der Waals surface area contributed by atoms with E-state index in [9.17, 15) is 23.3 Å². The highest BCUT2D eigenvalue weighted by molar-refractivity contribution is 7.89. The maximum Gasteiger partial charge on any atom is 0.280 e. The molecule has 0 saturated carbocycles. The van der Waals surface area contributed by atoms with Gasteiger partial charge in [-0.3, -0.25) is 14.9 Å². The molecule has 0 atom stereocenters. The average molecular weight is 481 g/mol. The smallest absolute Gasteiger partial charge is 0.280 e. The number of hydrogen-bond acceptors (Lipinski definition) is 7. The van der Waals surface area contributed by atoms with Crippen LogP contribution in [0, 0.1) is 24.0 Å². The molecule has 2 heterocycles. The van der Waals surface area contributed by atoms with Crippen molar-refractivity contribution in [3.05, 3.63) is 81.1 Å². The van der Waals surface area contributed by atoms with Crippen molar-refractivity contribution in [3.8, 4) is 11.3 Å². The summed E-state index contributed by atoms with van der Waals surface area (Å²) in [5.74, 6) is 0.194. The van der Waals surface area contributed by atoms with Crippen LogP contribution >= 0.6 is 0 Å². The predicted octanol–water partition coefficient (Wildman–Crippen LogP) is 3.93. The van der Waals surface area contributed by atoms with Gasteiger partial charge in [0.15, 0.2) is 0 Å². The van der Waals surface area contributed by atoms with E-state index in [1.807, 2.05) is 6.92 Å². The molecule has 1 aromatic heterocycles. The zero-order chi connectivity index (χ0) is 24.8. The molecular weight excluding hydrogens is 460 g/mol. The van der Waals surface area contributed by atoms with Crippen LogP contribution < -0.4 is 10.1 Å². The van der Waals surface area contributed by atoms with Crippen LogP contribution in [0.5, 0.6) is 0 Å². The van der Waals surface area contributed by atoms with Crippen LogP contribution in [0.1, 0.15) is 23.8 Å². The fourth-order valence-corrected chi connectivity index (χ4v) is 4.02. The first-order valence-corrected chi connectivity index (χ1v) is 11.6. The summed E-state index contributed by atoms with van der Waals surface area (Å²) in [6.45, 7) is 5.31. The van der Waals surface area contributed by atoms with Crippen molar-refractivity contribution in [3.63, 3.8) is 0 Å². The standard InChI is InChI=1S/C23H20N4O6S/c1-13-10-20(21(27(29)30)11-14(13)2)22-9-6-17(33-22)12-19-15(3)25-26(23(19)28)16-4-7-18(8-5-16)34(24,31)32/h4-12H,1-3H3,(H2,24,31,32)/b19-12-. The molecule has 0 saturated heterocycles. The molecule has 2 N–H and O–H groups in total. The van der Waals surface area contributed by atoms with Crippen molar-refractivity contribution in [2.24, 2.45) is 10.2 Å². The lowest BCUT2D eigenvalue weighted by molar-refractivity contribution is -0.384. The highest BCUT2D eigenvalue weighted by Gasteiger charge is 2.29. The van der Waals surface area contributed by atoms with E-state index >= 15 is 0 Å². The number of amides is 1. The molecule has 1 amide bonds. The number of carbonyl (C=O) groups is 1. The molecule has 3 aromatic rings. The van der Waals surface area contributed by atoms with E-state index in [1.165, 1.54) is 36.4 Å². The molecule has 174 valence electrons. The molecule has 10 nitrogen and oxygen atoms in total. The van der Waals surface area contributed by atoms with Gasteiger partial charge in [-0.05, 0) is 80.4 Å². The van der Waals surface area contributed by atoms with Crippen LogP contribution in [-0.2, 0) is 14.8 Å². The molecule has 11 heteroatoms.